The summed E-state index contributed by atoms with van der Waals surface area (Å²) in [5.74, 6) is 0. The number of nitro groups is 1. The highest BCUT2D eigenvalue weighted by Gasteiger charge is 2.19. The van der Waals surface area contributed by atoms with E-state index in [4.69, 9.17) is 0 Å². The van der Waals surface area contributed by atoms with Crippen molar-refractivity contribution in [3.8, 4) is 22.3 Å². The fraction of sp³-hybridized carbons (Fsp3) is 0. The third kappa shape index (κ3) is 2.88. The van der Waals surface area contributed by atoms with Crippen LogP contribution in [0.5, 0.6) is 0 Å². The summed E-state index contributed by atoms with van der Waals surface area (Å²) in [5.41, 5.74) is 3.39. The Balaban J connectivity index is 1.60. The Hall–Kier alpha value is -3.76. The molecule has 0 amide bonds. The Labute approximate surface area is 192 Å². The largest absolute Gasteiger partial charge is 0.277 e. The summed E-state index contributed by atoms with van der Waals surface area (Å²) in [4.78, 5) is 11.7. The van der Waals surface area contributed by atoms with Crippen LogP contribution in [0.1, 0.15) is 0 Å². The molecule has 6 rings (SSSR count). The Morgan fingerprint density at radius 3 is 2.06 bits per heavy atom. The van der Waals surface area contributed by atoms with Crippen molar-refractivity contribution in [1.82, 2.24) is 0 Å². The van der Waals surface area contributed by atoms with Crippen molar-refractivity contribution >= 4 is 53.9 Å². The summed E-state index contributed by atoms with van der Waals surface area (Å²) in [6.07, 6.45) is 0. The normalized spacial score (nSPS) is 11.5. The number of rotatable bonds is 3. The van der Waals surface area contributed by atoms with Gasteiger partial charge >= 0.3 is 0 Å². The number of benzene rings is 6. The molecule has 6 aromatic carbocycles. The average molecular weight is 478 g/mol. The van der Waals surface area contributed by atoms with E-state index in [1.807, 2.05) is 42.5 Å². The third-order valence-corrected chi connectivity index (χ3v) is 6.85. The second kappa shape index (κ2) is 7.14. The van der Waals surface area contributed by atoms with Gasteiger partial charge in [-0.2, -0.15) is 0 Å². The van der Waals surface area contributed by atoms with Crippen molar-refractivity contribution in [2.75, 3.05) is 0 Å². The van der Waals surface area contributed by atoms with E-state index < -0.39 is 0 Å². The monoisotopic (exact) mass is 477 g/mol. The molecule has 152 valence electrons. The number of nitrogens with zero attached hydrogens (tertiary/aromatic N) is 1. The molecule has 0 atom stereocenters. The van der Waals surface area contributed by atoms with E-state index in [-0.39, 0.29) is 10.6 Å². The molecule has 0 saturated heterocycles. The minimum absolute atomic E-state index is 0.113. The molecule has 0 heterocycles. The fourth-order valence-corrected chi connectivity index (χ4v) is 5.14. The van der Waals surface area contributed by atoms with E-state index in [1.165, 1.54) is 21.5 Å². The van der Waals surface area contributed by atoms with Gasteiger partial charge in [-0.05, 0) is 73.3 Å². The molecule has 0 unspecified atom stereocenters. The van der Waals surface area contributed by atoms with Crippen molar-refractivity contribution < 1.29 is 4.92 Å². The number of halogens is 1. The second-order valence-electron chi connectivity index (χ2n) is 7.98. The van der Waals surface area contributed by atoms with Crippen LogP contribution in [0.25, 0.3) is 54.6 Å². The Morgan fingerprint density at radius 2 is 1.31 bits per heavy atom. The topological polar surface area (TPSA) is 43.1 Å². The molecule has 3 nitrogen and oxygen atoms in total. The third-order valence-electron chi connectivity index (χ3n) is 6.16. The van der Waals surface area contributed by atoms with E-state index in [0.29, 0.717) is 5.56 Å². The van der Waals surface area contributed by atoms with Crippen LogP contribution in [-0.4, -0.2) is 4.92 Å². The second-order valence-corrected chi connectivity index (χ2v) is 8.83. The van der Waals surface area contributed by atoms with Crippen LogP contribution in [-0.2, 0) is 0 Å². The first-order valence-corrected chi connectivity index (χ1v) is 11.1. The summed E-state index contributed by atoms with van der Waals surface area (Å²) in [7, 11) is 0. The summed E-state index contributed by atoms with van der Waals surface area (Å²) in [5, 5.41) is 18.9. The van der Waals surface area contributed by atoms with Gasteiger partial charge in [0.05, 0.1) is 10.5 Å². The molecule has 0 saturated carbocycles. The lowest BCUT2D eigenvalue weighted by Gasteiger charge is -2.14. The molecule has 32 heavy (non-hydrogen) atoms. The first-order chi connectivity index (χ1) is 15.6. The highest BCUT2D eigenvalue weighted by molar-refractivity contribution is 9.10. The standard InChI is InChI=1S/C28H16BrNO2/c29-25-13-10-18-6-7-20-14-22(15-21-9-12-24(25)28(18)27(20)21)23-11-8-19(16-26(23)30(31)32)17-4-2-1-3-5-17/h1-16H. The number of hydrogen-bond donors (Lipinski definition) is 0. The molecular weight excluding hydrogens is 462 g/mol. The average Bonchev–Trinajstić information content (AvgIpc) is 2.83. The van der Waals surface area contributed by atoms with Gasteiger partial charge in [-0.3, -0.25) is 10.1 Å². The van der Waals surface area contributed by atoms with Gasteiger partial charge in [0.2, 0.25) is 0 Å². The molecule has 6 aromatic rings. The minimum Gasteiger partial charge on any atom is -0.258 e. The molecule has 0 fully saturated rings. The SMILES string of the molecule is O=[N+]([O-])c1cc(-c2ccccc2)ccc1-c1cc2ccc3ccc(Br)c4ccc(c1)c2c34. The van der Waals surface area contributed by atoms with Crippen molar-refractivity contribution in [3.05, 3.63) is 112 Å². The van der Waals surface area contributed by atoms with Crippen LogP contribution in [0.3, 0.4) is 0 Å². The summed E-state index contributed by atoms with van der Waals surface area (Å²) in [6, 6.07) is 32.0. The first kappa shape index (κ1) is 19.0. The lowest BCUT2D eigenvalue weighted by Crippen LogP contribution is -1.94. The summed E-state index contributed by atoms with van der Waals surface area (Å²) in [6.45, 7) is 0. The zero-order chi connectivity index (χ0) is 21.8. The van der Waals surface area contributed by atoms with Crippen molar-refractivity contribution in [2.45, 2.75) is 0 Å². The summed E-state index contributed by atoms with van der Waals surface area (Å²) < 4.78 is 1.07. The number of nitro benzene ring substituents is 1. The Bertz CT molecular complexity index is 1640. The van der Waals surface area contributed by atoms with E-state index in [2.05, 4.69) is 64.5 Å². The maximum Gasteiger partial charge on any atom is 0.277 e. The quantitative estimate of drug-likeness (QED) is 0.145. The molecule has 0 bridgehead atoms. The van der Waals surface area contributed by atoms with Crippen LogP contribution in [0.4, 0.5) is 5.69 Å². The molecule has 0 aliphatic carbocycles. The van der Waals surface area contributed by atoms with Crippen molar-refractivity contribution in [3.63, 3.8) is 0 Å². The van der Waals surface area contributed by atoms with E-state index >= 15 is 0 Å². The predicted octanol–water partition coefficient (Wildman–Crippen LogP) is 8.59. The fourth-order valence-electron chi connectivity index (χ4n) is 4.68. The van der Waals surface area contributed by atoms with Gasteiger partial charge in [-0.1, -0.05) is 82.7 Å². The predicted molar refractivity (Wildman–Crippen MR) is 135 cm³/mol. The van der Waals surface area contributed by atoms with E-state index in [9.17, 15) is 10.1 Å². The molecule has 0 aliphatic rings. The molecule has 0 aliphatic heterocycles. The van der Waals surface area contributed by atoms with Crippen molar-refractivity contribution in [2.24, 2.45) is 0 Å². The Morgan fingerprint density at radius 1 is 0.625 bits per heavy atom. The van der Waals surface area contributed by atoms with Gasteiger partial charge in [-0.25, -0.2) is 0 Å². The maximum atomic E-state index is 12.0. The lowest BCUT2D eigenvalue weighted by atomic mass is 9.90. The van der Waals surface area contributed by atoms with Gasteiger partial charge < -0.3 is 0 Å². The van der Waals surface area contributed by atoms with Crippen LogP contribution >= 0.6 is 15.9 Å². The van der Waals surface area contributed by atoms with Gasteiger partial charge in [0.1, 0.15) is 0 Å². The van der Waals surface area contributed by atoms with E-state index in [0.717, 1.165) is 31.9 Å². The van der Waals surface area contributed by atoms with Crippen LogP contribution in [0.15, 0.2) is 102 Å². The molecule has 0 N–H and O–H groups in total. The van der Waals surface area contributed by atoms with E-state index in [1.54, 1.807) is 6.07 Å². The highest BCUT2D eigenvalue weighted by atomic mass is 79.9. The highest BCUT2D eigenvalue weighted by Crippen LogP contribution is 2.41. The van der Waals surface area contributed by atoms with Crippen LogP contribution in [0, 0.1) is 10.1 Å². The van der Waals surface area contributed by atoms with Crippen LogP contribution in [0.2, 0.25) is 0 Å². The zero-order valence-electron chi connectivity index (χ0n) is 16.9. The molecule has 0 radical (unpaired) electrons. The Kier molecular flexibility index (Phi) is 4.23. The smallest absolute Gasteiger partial charge is 0.258 e. The van der Waals surface area contributed by atoms with Gasteiger partial charge in [0.15, 0.2) is 0 Å². The van der Waals surface area contributed by atoms with Gasteiger partial charge in [-0.15, -0.1) is 0 Å². The molecule has 4 heteroatoms. The van der Waals surface area contributed by atoms with Gasteiger partial charge in [0.25, 0.3) is 5.69 Å². The zero-order valence-corrected chi connectivity index (χ0v) is 18.5. The number of hydrogen-bond acceptors (Lipinski definition) is 2. The van der Waals surface area contributed by atoms with Crippen LogP contribution < -0.4 is 0 Å². The molecule has 0 aromatic heterocycles. The lowest BCUT2D eigenvalue weighted by molar-refractivity contribution is -0.384. The summed E-state index contributed by atoms with van der Waals surface area (Å²) >= 11 is 3.67. The molecule has 0 spiro atoms. The first-order valence-electron chi connectivity index (χ1n) is 10.3. The molecular formula is C28H16BrNO2. The van der Waals surface area contributed by atoms with Gasteiger partial charge in [0, 0.05) is 10.5 Å². The minimum atomic E-state index is -0.289. The van der Waals surface area contributed by atoms with Crippen molar-refractivity contribution in [1.29, 1.82) is 0 Å². The maximum absolute atomic E-state index is 12.0.